The predicted molar refractivity (Wildman–Crippen MR) is 84.0 cm³/mol. The Hall–Kier alpha value is -1.43. The van der Waals surface area contributed by atoms with Gasteiger partial charge >= 0.3 is 5.97 Å². The lowest BCUT2D eigenvalue weighted by atomic mass is 9.65. The third-order valence-electron chi connectivity index (χ3n) is 5.35. The molecule has 22 heavy (non-hydrogen) atoms. The number of benzene rings is 1. The van der Waals surface area contributed by atoms with Crippen molar-refractivity contribution in [2.45, 2.75) is 50.9 Å². The van der Waals surface area contributed by atoms with Crippen LogP contribution in [0.3, 0.4) is 0 Å². The molecular formula is C17H25NO4. The number of aliphatic hydroxyl groups is 2. The summed E-state index contributed by atoms with van der Waals surface area (Å²) >= 11 is 0. The Morgan fingerprint density at radius 3 is 2.59 bits per heavy atom. The molecule has 2 rings (SSSR count). The topological polar surface area (TPSA) is 81.0 Å². The molecule has 1 fully saturated rings. The first-order chi connectivity index (χ1) is 10.1. The maximum atomic E-state index is 11.3. The molecule has 3 N–H and O–H groups in total. The maximum absolute atomic E-state index is 11.3. The number of likely N-dealkylation sites (N-methyl/N-ethyl adjacent to an activating group) is 1. The lowest BCUT2D eigenvalue weighted by Gasteiger charge is -2.52. The first kappa shape index (κ1) is 16.9. The summed E-state index contributed by atoms with van der Waals surface area (Å²) in [6.07, 6.45) is 1.27. The van der Waals surface area contributed by atoms with E-state index in [2.05, 4.69) is 0 Å². The van der Waals surface area contributed by atoms with Crippen molar-refractivity contribution in [3.63, 3.8) is 0 Å². The van der Waals surface area contributed by atoms with E-state index in [-0.39, 0.29) is 5.56 Å². The van der Waals surface area contributed by atoms with E-state index in [0.29, 0.717) is 12.8 Å². The molecular weight excluding hydrogens is 282 g/mol. The summed E-state index contributed by atoms with van der Waals surface area (Å²) in [4.78, 5) is 13.2. The highest BCUT2D eigenvalue weighted by Gasteiger charge is 2.55. The number of carboxylic acids is 1. The summed E-state index contributed by atoms with van der Waals surface area (Å²) in [5, 5.41) is 30.8. The minimum absolute atomic E-state index is 0.177. The number of hydrogen-bond acceptors (Lipinski definition) is 4. The van der Waals surface area contributed by atoms with Gasteiger partial charge in [0.2, 0.25) is 0 Å². The standard InChI is InChI=1S/C17H25NO4/c1-5-12-6-7-13(15(19)20)10-14(12)16(3)8-9-18(4)11(2)17(16,21)22/h6-7,10-11,21-22H,5,8-9H2,1-4H3,(H,19,20)/t11-,16-/m1/s1. The SMILES string of the molecule is CCc1ccc(C(=O)O)cc1[C@@]1(C)CCN(C)[C@H](C)C1(O)O. The maximum Gasteiger partial charge on any atom is 0.335 e. The van der Waals surface area contributed by atoms with Crippen molar-refractivity contribution in [3.8, 4) is 0 Å². The number of hydrogen-bond donors (Lipinski definition) is 3. The number of rotatable bonds is 3. The van der Waals surface area contributed by atoms with Crippen LogP contribution in [0.2, 0.25) is 0 Å². The Balaban J connectivity index is 2.62. The molecule has 1 aromatic carbocycles. The largest absolute Gasteiger partial charge is 0.478 e. The van der Waals surface area contributed by atoms with E-state index in [0.717, 1.165) is 17.7 Å². The quantitative estimate of drug-likeness (QED) is 0.739. The fourth-order valence-electron chi connectivity index (χ4n) is 3.41. The van der Waals surface area contributed by atoms with Crippen LogP contribution in [-0.4, -0.2) is 51.6 Å². The summed E-state index contributed by atoms with van der Waals surface area (Å²) in [6.45, 7) is 6.30. The van der Waals surface area contributed by atoms with E-state index < -0.39 is 23.2 Å². The van der Waals surface area contributed by atoms with Crippen LogP contribution in [0, 0.1) is 0 Å². The fourth-order valence-corrected chi connectivity index (χ4v) is 3.41. The lowest BCUT2D eigenvalue weighted by Crippen LogP contribution is -2.66. The molecule has 0 bridgehead atoms. The number of nitrogens with zero attached hydrogens (tertiary/aromatic N) is 1. The summed E-state index contributed by atoms with van der Waals surface area (Å²) in [7, 11) is 1.86. The molecule has 1 heterocycles. The Bertz CT molecular complexity index is 584. The molecule has 1 saturated heterocycles. The average Bonchev–Trinajstić information content (AvgIpc) is 2.49. The molecule has 0 aliphatic carbocycles. The second kappa shape index (κ2) is 5.65. The summed E-state index contributed by atoms with van der Waals surface area (Å²) in [5.74, 6) is -2.93. The molecule has 2 atom stereocenters. The van der Waals surface area contributed by atoms with Gasteiger partial charge in [0.15, 0.2) is 5.79 Å². The zero-order chi connectivity index (χ0) is 16.7. The van der Waals surface area contributed by atoms with Crippen LogP contribution in [0.15, 0.2) is 18.2 Å². The molecule has 0 spiro atoms. The highest BCUT2D eigenvalue weighted by Crippen LogP contribution is 2.45. The van der Waals surface area contributed by atoms with Crippen molar-refractivity contribution < 1.29 is 20.1 Å². The molecule has 0 radical (unpaired) electrons. The molecule has 1 aliphatic heterocycles. The number of aromatic carboxylic acids is 1. The summed E-state index contributed by atoms with van der Waals surface area (Å²) < 4.78 is 0. The molecule has 122 valence electrons. The Morgan fingerprint density at radius 1 is 1.41 bits per heavy atom. The van der Waals surface area contributed by atoms with E-state index in [1.807, 2.05) is 25.8 Å². The van der Waals surface area contributed by atoms with Gasteiger partial charge in [0.05, 0.1) is 11.6 Å². The average molecular weight is 307 g/mol. The van der Waals surface area contributed by atoms with Crippen molar-refractivity contribution >= 4 is 5.97 Å². The van der Waals surface area contributed by atoms with Gasteiger partial charge in [-0.2, -0.15) is 0 Å². The van der Waals surface area contributed by atoms with E-state index in [4.69, 9.17) is 0 Å². The second-order valence-electron chi connectivity index (χ2n) is 6.50. The molecule has 0 saturated carbocycles. The van der Waals surface area contributed by atoms with Crippen LogP contribution < -0.4 is 0 Å². The van der Waals surface area contributed by atoms with Crippen LogP contribution in [0.4, 0.5) is 0 Å². The van der Waals surface area contributed by atoms with E-state index in [1.165, 1.54) is 0 Å². The number of carboxylic acid groups (broad SMARTS) is 1. The highest BCUT2D eigenvalue weighted by atomic mass is 16.5. The molecule has 0 aromatic heterocycles. The van der Waals surface area contributed by atoms with E-state index in [9.17, 15) is 20.1 Å². The van der Waals surface area contributed by atoms with Crippen molar-refractivity contribution in [2.24, 2.45) is 0 Å². The van der Waals surface area contributed by atoms with Gasteiger partial charge in [-0.3, -0.25) is 4.90 Å². The first-order valence-corrected chi connectivity index (χ1v) is 7.66. The first-order valence-electron chi connectivity index (χ1n) is 7.66. The minimum Gasteiger partial charge on any atom is -0.478 e. The van der Waals surface area contributed by atoms with Crippen molar-refractivity contribution in [2.75, 3.05) is 13.6 Å². The lowest BCUT2D eigenvalue weighted by molar-refractivity contribution is -0.261. The van der Waals surface area contributed by atoms with Crippen LogP contribution in [-0.2, 0) is 11.8 Å². The third-order valence-corrected chi connectivity index (χ3v) is 5.35. The summed E-state index contributed by atoms with van der Waals surface area (Å²) in [6, 6.07) is 4.51. The Kier molecular flexibility index (Phi) is 4.35. The van der Waals surface area contributed by atoms with Crippen molar-refractivity contribution in [1.29, 1.82) is 0 Å². The molecule has 0 amide bonds. The van der Waals surface area contributed by atoms with Gasteiger partial charge in [-0.25, -0.2) is 4.79 Å². The third kappa shape index (κ3) is 2.43. The van der Waals surface area contributed by atoms with Gasteiger partial charge in [-0.1, -0.05) is 19.9 Å². The monoisotopic (exact) mass is 307 g/mol. The van der Waals surface area contributed by atoms with Crippen LogP contribution in [0.1, 0.15) is 48.7 Å². The normalized spacial score (nSPS) is 28.5. The van der Waals surface area contributed by atoms with Gasteiger partial charge in [-0.05, 0) is 56.6 Å². The molecule has 1 aromatic rings. The second-order valence-corrected chi connectivity index (χ2v) is 6.50. The number of likely N-dealkylation sites (tertiary alicyclic amines) is 1. The fraction of sp³-hybridized carbons (Fsp3) is 0.588. The van der Waals surface area contributed by atoms with Gasteiger partial charge in [0.25, 0.3) is 0 Å². The highest BCUT2D eigenvalue weighted by molar-refractivity contribution is 5.88. The van der Waals surface area contributed by atoms with E-state index >= 15 is 0 Å². The number of carbonyl (C=O) groups is 1. The van der Waals surface area contributed by atoms with Crippen LogP contribution in [0.25, 0.3) is 0 Å². The van der Waals surface area contributed by atoms with E-state index in [1.54, 1.807) is 25.1 Å². The zero-order valence-electron chi connectivity index (χ0n) is 13.6. The van der Waals surface area contributed by atoms with Gasteiger partial charge in [0.1, 0.15) is 0 Å². The molecule has 1 aliphatic rings. The van der Waals surface area contributed by atoms with Gasteiger partial charge < -0.3 is 15.3 Å². The van der Waals surface area contributed by atoms with Crippen molar-refractivity contribution in [1.82, 2.24) is 4.90 Å². The Labute approximate surface area is 131 Å². The summed E-state index contributed by atoms with van der Waals surface area (Å²) in [5.41, 5.74) is 0.947. The van der Waals surface area contributed by atoms with Crippen molar-refractivity contribution in [3.05, 3.63) is 34.9 Å². The smallest absolute Gasteiger partial charge is 0.335 e. The molecule has 0 unspecified atom stereocenters. The predicted octanol–water partition coefficient (Wildman–Crippen LogP) is 1.61. The zero-order valence-corrected chi connectivity index (χ0v) is 13.6. The van der Waals surface area contributed by atoms with Gasteiger partial charge in [-0.15, -0.1) is 0 Å². The van der Waals surface area contributed by atoms with Crippen LogP contribution >= 0.6 is 0 Å². The van der Waals surface area contributed by atoms with Gasteiger partial charge in [0, 0.05) is 5.41 Å². The molecule has 5 nitrogen and oxygen atoms in total. The minimum atomic E-state index is -1.93. The Morgan fingerprint density at radius 2 is 2.05 bits per heavy atom. The molecule has 5 heteroatoms. The number of aryl methyl sites for hydroxylation is 1. The number of piperidine rings is 1. The van der Waals surface area contributed by atoms with Crippen LogP contribution in [0.5, 0.6) is 0 Å².